The lowest BCUT2D eigenvalue weighted by Gasteiger charge is -2.15. The van der Waals surface area contributed by atoms with Crippen molar-refractivity contribution in [1.29, 1.82) is 0 Å². The monoisotopic (exact) mass is 174 g/mol. The molecule has 0 aliphatic carbocycles. The van der Waals surface area contributed by atoms with Crippen LogP contribution in [0.5, 0.6) is 0 Å². The molecule has 0 heterocycles. The molecule has 12 heavy (non-hydrogen) atoms. The molecule has 1 unspecified atom stereocenters. The number of carboxylic acids is 1. The summed E-state index contributed by atoms with van der Waals surface area (Å²) in [5, 5.41) is 8.44. The average molecular weight is 174 g/mol. The summed E-state index contributed by atoms with van der Waals surface area (Å²) >= 11 is 0. The number of carbonyl (C=O) groups excluding carboxylic acids is 2. The van der Waals surface area contributed by atoms with Crippen molar-refractivity contribution >= 4 is 18.2 Å². The first-order valence-electron chi connectivity index (χ1n) is 3.19. The van der Waals surface area contributed by atoms with E-state index >= 15 is 0 Å². The van der Waals surface area contributed by atoms with Crippen molar-refractivity contribution in [2.24, 2.45) is 11.5 Å². The first-order chi connectivity index (χ1) is 5.42. The van der Waals surface area contributed by atoms with Crippen molar-refractivity contribution in [3.63, 3.8) is 0 Å². The third-order valence-electron chi connectivity index (χ3n) is 1.39. The first kappa shape index (κ1) is 10.6. The lowest BCUT2D eigenvalue weighted by Crippen LogP contribution is -2.50. The maximum Gasteiger partial charge on any atom is 0.331 e. The molecule has 0 saturated heterocycles. The van der Waals surface area contributed by atoms with E-state index in [9.17, 15) is 14.4 Å². The maximum atomic E-state index is 10.4. The topological polar surface area (TPSA) is 123 Å². The van der Waals surface area contributed by atoms with Gasteiger partial charge in [-0.25, -0.2) is 4.79 Å². The number of rotatable bonds is 5. The number of hydrogen-bond acceptors (Lipinski definition) is 4. The number of amides is 1. The SMILES string of the molecule is NC(=O)CCC(N)(C=O)C(=O)O. The van der Waals surface area contributed by atoms with E-state index in [1.54, 1.807) is 0 Å². The Morgan fingerprint density at radius 3 is 2.25 bits per heavy atom. The van der Waals surface area contributed by atoms with Crippen molar-refractivity contribution in [2.75, 3.05) is 0 Å². The summed E-state index contributed by atoms with van der Waals surface area (Å²) < 4.78 is 0. The molecule has 0 aliphatic rings. The first-order valence-corrected chi connectivity index (χ1v) is 3.19. The fourth-order valence-electron chi connectivity index (χ4n) is 0.546. The van der Waals surface area contributed by atoms with Crippen LogP contribution in [0.25, 0.3) is 0 Å². The number of primary amides is 1. The van der Waals surface area contributed by atoms with Crippen LogP contribution in [0.1, 0.15) is 12.8 Å². The summed E-state index contributed by atoms with van der Waals surface area (Å²) in [6.07, 6.45) is -0.402. The predicted molar refractivity (Wildman–Crippen MR) is 39.0 cm³/mol. The molecule has 5 N–H and O–H groups in total. The maximum absolute atomic E-state index is 10.4. The Kier molecular flexibility index (Phi) is 3.36. The molecular formula is C6H10N2O4. The van der Waals surface area contributed by atoms with E-state index in [2.05, 4.69) is 0 Å². The van der Waals surface area contributed by atoms with E-state index in [0.29, 0.717) is 0 Å². The van der Waals surface area contributed by atoms with Gasteiger partial charge in [0.15, 0.2) is 11.8 Å². The normalized spacial score (nSPS) is 14.8. The molecule has 1 atom stereocenters. The lowest BCUT2D eigenvalue weighted by molar-refractivity contribution is -0.145. The third-order valence-corrected chi connectivity index (χ3v) is 1.39. The van der Waals surface area contributed by atoms with Gasteiger partial charge in [0.25, 0.3) is 0 Å². The highest BCUT2D eigenvalue weighted by Crippen LogP contribution is 2.06. The van der Waals surface area contributed by atoms with Gasteiger partial charge in [0.2, 0.25) is 5.91 Å². The molecule has 0 saturated carbocycles. The molecule has 0 fully saturated rings. The van der Waals surface area contributed by atoms with E-state index in [1.165, 1.54) is 0 Å². The van der Waals surface area contributed by atoms with E-state index in [-0.39, 0.29) is 19.1 Å². The van der Waals surface area contributed by atoms with Gasteiger partial charge in [-0.2, -0.15) is 0 Å². The number of nitrogens with two attached hydrogens (primary N) is 2. The Morgan fingerprint density at radius 2 is 2.00 bits per heavy atom. The summed E-state index contributed by atoms with van der Waals surface area (Å²) in [6.45, 7) is 0. The highest BCUT2D eigenvalue weighted by molar-refractivity contribution is 5.97. The zero-order valence-corrected chi connectivity index (χ0v) is 6.32. The number of carbonyl (C=O) groups is 3. The smallest absolute Gasteiger partial charge is 0.331 e. The number of aldehydes is 1. The van der Waals surface area contributed by atoms with Crippen LogP contribution in [0.15, 0.2) is 0 Å². The van der Waals surface area contributed by atoms with Crippen molar-refractivity contribution in [3.05, 3.63) is 0 Å². The minimum atomic E-state index is -1.99. The molecule has 1 amide bonds. The van der Waals surface area contributed by atoms with Crippen molar-refractivity contribution in [3.8, 4) is 0 Å². The third kappa shape index (κ3) is 2.67. The van der Waals surface area contributed by atoms with E-state index in [1.807, 2.05) is 0 Å². The molecule has 68 valence electrons. The second-order valence-electron chi connectivity index (χ2n) is 2.43. The van der Waals surface area contributed by atoms with Gasteiger partial charge < -0.3 is 21.4 Å². The van der Waals surface area contributed by atoms with Crippen LogP contribution in [-0.4, -0.2) is 28.8 Å². The molecule has 0 aromatic rings. The summed E-state index contributed by atoms with van der Waals surface area (Å²) in [7, 11) is 0. The molecule has 0 rings (SSSR count). The fourth-order valence-corrected chi connectivity index (χ4v) is 0.546. The van der Waals surface area contributed by atoms with Crippen LogP contribution in [0.4, 0.5) is 0 Å². The van der Waals surface area contributed by atoms with Gasteiger partial charge in [-0.1, -0.05) is 0 Å². The standard InChI is InChI=1S/C6H10N2O4/c7-4(10)1-2-6(8,3-9)5(11)12/h3H,1-2,8H2,(H2,7,10)(H,11,12). The van der Waals surface area contributed by atoms with Gasteiger partial charge in [0.1, 0.15) is 0 Å². The highest BCUT2D eigenvalue weighted by atomic mass is 16.4. The molecule has 0 radical (unpaired) electrons. The summed E-state index contributed by atoms with van der Waals surface area (Å²) in [4.78, 5) is 30.8. The Morgan fingerprint density at radius 1 is 1.50 bits per heavy atom. The van der Waals surface area contributed by atoms with Crippen LogP contribution in [0, 0.1) is 0 Å². The van der Waals surface area contributed by atoms with Gasteiger partial charge >= 0.3 is 5.97 Å². The van der Waals surface area contributed by atoms with E-state index in [0.717, 1.165) is 0 Å². The fraction of sp³-hybridized carbons (Fsp3) is 0.500. The number of hydrogen-bond donors (Lipinski definition) is 3. The second-order valence-corrected chi connectivity index (χ2v) is 2.43. The Balaban J connectivity index is 4.25. The minimum absolute atomic E-state index is 0.0955. The summed E-state index contributed by atoms with van der Waals surface area (Å²) in [5.74, 6) is -2.15. The zero-order chi connectivity index (χ0) is 9.78. The quantitative estimate of drug-likeness (QED) is 0.336. The molecule has 0 bridgehead atoms. The molecule has 6 nitrogen and oxygen atoms in total. The van der Waals surface area contributed by atoms with Gasteiger partial charge in [-0.3, -0.25) is 4.79 Å². The molecule has 0 aliphatic heterocycles. The molecule has 0 aromatic heterocycles. The van der Waals surface area contributed by atoms with Gasteiger partial charge in [-0.15, -0.1) is 0 Å². The van der Waals surface area contributed by atoms with Crippen LogP contribution < -0.4 is 11.5 Å². The van der Waals surface area contributed by atoms with Crippen molar-refractivity contribution in [1.82, 2.24) is 0 Å². The average Bonchev–Trinajstić information content (AvgIpc) is 1.99. The zero-order valence-electron chi connectivity index (χ0n) is 6.32. The highest BCUT2D eigenvalue weighted by Gasteiger charge is 2.33. The van der Waals surface area contributed by atoms with E-state index in [4.69, 9.17) is 16.6 Å². The summed E-state index contributed by atoms with van der Waals surface area (Å²) in [6, 6.07) is 0. The lowest BCUT2D eigenvalue weighted by atomic mass is 9.97. The Hall–Kier alpha value is -1.43. The minimum Gasteiger partial charge on any atom is -0.480 e. The Bertz CT molecular complexity index is 216. The van der Waals surface area contributed by atoms with Gasteiger partial charge in [-0.05, 0) is 6.42 Å². The molecule has 6 heteroatoms. The van der Waals surface area contributed by atoms with Gasteiger partial charge in [0, 0.05) is 6.42 Å². The van der Waals surface area contributed by atoms with Gasteiger partial charge in [0.05, 0.1) is 0 Å². The number of carboxylic acid groups (broad SMARTS) is 1. The van der Waals surface area contributed by atoms with Crippen LogP contribution in [-0.2, 0) is 14.4 Å². The second kappa shape index (κ2) is 3.82. The largest absolute Gasteiger partial charge is 0.480 e. The molecule has 0 aromatic carbocycles. The van der Waals surface area contributed by atoms with Crippen LogP contribution in [0.2, 0.25) is 0 Å². The van der Waals surface area contributed by atoms with E-state index < -0.39 is 17.4 Å². The van der Waals surface area contributed by atoms with Crippen LogP contribution in [0.3, 0.4) is 0 Å². The molecular weight excluding hydrogens is 164 g/mol. The van der Waals surface area contributed by atoms with Crippen LogP contribution >= 0.6 is 0 Å². The Labute approximate surface area is 68.5 Å². The van der Waals surface area contributed by atoms with Crippen molar-refractivity contribution in [2.45, 2.75) is 18.4 Å². The predicted octanol–water partition coefficient (Wildman–Crippen LogP) is -1.77. The molecule has 0 spiro atoms. The van der Waals surface area contributed by atoms with Crippen molar-refractivity contribution < 1.29 is 19.5 Å². The number of aliphatic carboxylic acids is 1. The summed E-state index contributed by atoms with van der Waals surface area (Å²) in [5.41, 5.74) is 7.87.